The summed E-state index contributed by atoms with van der Waals surface area (Å²) in [7, 11) is 0. The van der Waals surface area contributed by atoms with Crippen LogP contribution >= 0.6 is 0 Å². The van der Waals surface area contributed by atoms with Crippen molar-refractivity contribution in [2.45, 2.75) is 0 Å². The molecular formula is C48H32N6. The predicted octanol–water partition coefficient (Wildman–Crippen LogP) is 11.4. The molecule has 4 aromatic carbocycles. The fraction of sp³-hybridized carbons (Fsp3) is 0. The van der Waals surface area contributed by atoms with E-state index in [2.05, 4.69) is 68.5 Å². The minimum atomic E-state index is 0.733. The number of para-hydroxylation sites is 4. The van der Waals surface area contributed by atoms with Gasteiger partial charge in [0.05, 0.1) is 44.8 Å². The average Bonchev–Trinajstić information content (AvgIpc) is 3.23. The van der Waals surface area contributed by atoms with E-state index in [-0.39, 0.29) is 0 Å². The van der Waals surface area contributed by atoms with Crippen molar-refractivity contribution in [3.8, 4) is 0 Å². The van der Waals surface area contributed by atoms with E-state index in [1.165, 1.54) is 0 Å². The molecular weight excluding hydrogens is 661 g/mol. The summed E-state index contributed by atoms with van der Waals surface area (Å²) >= 11 is 0. The fourth-order valence-corrected chi connectivity index (χ4v) is 6.71. The molecule has 0 saturated carbocycles. The molecule has 254 valence electrons. The molecule has 0 fully saturated rings. The number of nitrogens with zero attached hydrogens (tertiary/aromatic N) is 6. The minimum Gasteiger partial charge on any atom is -0.256 e. The lowest BCUT2D eigenvalue weighted by Crippen LogP contribution is -2.00. The Morgan fingerprint density at radius 1 is 0.259 bits per heavy atom. The van der Waals surface area contributed by atoms with E-state index in [1.54, 1.807) is 0 Å². The first-order chi connectivity index (χ1) is 26.8. The minimum absolute atomic E-state index is 0.733. The molecule has 54 heavy (non-hydrogen) atoms. The maximum Gasteiger partial charge on any atom is 0.0894 e. The molecule has 6 nitrogen and oxygen atoms in total. The van der Waals surface area contributed by atoms with E-state index in [1.807, 2.05) is 146 Å². The van der Waals surface area contributed by atoms with Crippen LogP contribution in [-0.4, -0.2) is 29.9 Å². The van der Waals surface area contributed by atoms with Crippen LogP contribution in [0.3, 0.4) is 0 Å². The van der Waals surface area contributed by atoms with E-state index in [4.69, 9.17) is 9.97 Å². The standard InChI is InChI=1S/C48H32N6/c1-5-13-41-37(9-1)33(25-29-49-41)17-21-45-46(22-18-34-26-30-50-42-14-6-2-10-38(34)42)54-48(24-20-36-28-32-52-44-16-8-4-12-40(36)44)47(53-45)23-19-35-27-31-51-43-15-7-3-11-39(35)43/h1-32H. The van der Waals surface area contributed by atoms with Crippen molar-refractivity contribution in [1.82, 2.24) is 29.9 Å². The van der Waals surface area contributed by atoms with Gasteiger partial charge in [0, 0.05) is 46.3 Å². The summed E-state index contributed by atoms with van der Waals surface area (Å²) < 4.78 is 0. The molecule has 0 N–H and O–H groups in total. The van der Waals surface area contributed by atoms with Gasteiger partial charge in [0.2, 0.25) is 0 Å². The molecule has 0 unspecified atom stereocenters. The number of benzene rings is 4. The van der Waals surface area contributed by atoms with Crippen LogP contribution in [0.2, 0.25) is 0 Å². The van der Waals surface area contributed by atoms with Gasteiger partial charge in [-0.2, -0.15) is 0 Å². The predicted molar refractivity (Wildman–Crippen MR) is 225 cm³/mol. The van der Waals surface area contributed by atoms with Crippen LogP contribution < -0.4 is 0 Å². The molecule has 5 heterocycles. The lowest BCUT2D eigenvalue weighted by molar-refractivity contribution is 1.12. The molecule has 0 saturated heterocycles. The van der Waals surface area contributed by atoms with Crippen LogP contribution in [0.1, 0.15) is 45.0 Å². The normalized spacial score (nSPS) is 12.1. The van der Waals surface area contributed by atoms with Gasteiger partial charge in [0.15, 0.2) is 0 Å². The Labute approximate surface area is 312 Å². The van der Waals surface area contributed by atoms with Crippen molar-refractivity contribution in [3.63, 3.8) is 0 Å². The smallest absolute Gasteiger partial charge is 0.0894 e. The van der Waals surface area contributed by atoms with E-state index in [0.717, 1.165) is 88.6 Å². The van der Waals surface area contributed by atoms with Gasteiger partial charge in [-0.05, 0) is 95.1 Å². The lowest BCUT2D eigenvalue weighted by atomic mass is 10.1. The molecule has 0 aliphatic heterocycles. The molecule has 0 aliphatic rings. The summed E-state index contributed by atoms with van der Waals surface area (Å²) in [6, 6.07) is 40.7. The summed E-state index contributed by atoms with van der Waals surface area (Å²) in [5, 5.41) is 4.27. The third-order valence-electron chi connectivity index (χ3n) is 9.42. The summed E-state index contributed by atoms with van der Waals surface area (Å²) in [4.78, 5) is 28.9. The first-order valence-corrected chi connectivity index (χ1v) is 17.8. The number of aromatic nitrogens is 6. The van der Waals surface area contributed by atoms with Crippen LogP contribution in [0.5, 0.6) is 0 Å². The number of rotatable bonds is 8. The molecule has 5 aromatic heterocycles. The van der Waals surface area contributed by atoms with Gasteiger partial charge in [-0.3, -0.25) is 19.9 Å². The fourth-order valence-electron chi connectivity index (χ4n) is 6.71. The van der Waals surface area contributed by atoms with Crippen molar-refractivity contribution in [3.05, 3.63) is 191 Å². The molecule has 0 bridgehead atoms. The first kappa shape index (κ1) is 32.5. The maximum atomic E-state index is 5.32. The Morgan fingerprint density at radius 3 is 0.759 bits per heavy atom. The van der Waals surface area contributed by atoms with Crippen LogP contribution in [0, 0.1) is 0 Å². The molecule has 9 aromatic rings. The Kier molecular flexibility index (Phi) is 8.81. The van der Waals surface area contributed by atoms with Gasteiger partial charge in [0.25, 0.3) is 0 Å². The number of hydrogen-bond donors (Lipinski definition) is 0. The van der Waals surface area contributed by atoms with Crippen molar-refractivity contribution < 1.29 is 0 Å². The van der Waals surface area contributed by atoms with Crippen molar-refractivity contribution in [2.75, 3.05) is 0 Å². The second-order valence-corrected chi connectivity index (χ2v) is 12.8. The summed E-state index contributed by atoms with van der Waals surface area (Å²) in [6.07, 6.45) is 23.9. The quantitative estimate of drug-likeness (QED) is 0.158. The van der Waals surface area contributed by atoms with Crippen LogP contribution in [-0.2, 0) is 0 Å². The van der Waals surface area contributed by atoms with E-state index >= 15 is 0 Å². The summed E-state index contributed by atoms with van der Waals surface area (Å²) in [6.45, 7) is 0. The monoisotopic (exact) mass is 692 g/mol. The SMILES string of the molecule is C(=Cc1ccnc2ccccc12)c1nc(C=Cc2ccnc3ccccc23)c(C=Cc2ccnc3ccccc23)nc1C=Cc1ccnc2ccccc12. The lowest BCUT2D eigenvalue weighted by Gasteiger charge is -2.09. The average molecular weight is 693 g/mol. The Balaban J connectivity index is 1.22. The van der Waals surface area contributed by atoms with Crippen LogP contribution in [0.4, 0.5) is 0 Å². The van der Waals surface area contributed by atoms with Crippen LogP contribution in [0.15, 0.2) is 146 Å². The number of hydrogen-bond acceptors (Lipinski definition) is 6. The van der Waals surface area contributed by atoms with Gasteiger partial charge >= 0.3 is 0 Å². The Bertz CT molecular complexity index is 2540. The highest BCUT2D eigenvalue weighted by Crippen LogP contribution is 2.26. The van der Waals surface area contributed by atoms with Gasteiger partial charge in [0.1, 0.15) is 0 Å². The zero-order valence-corrected chi connectivity index (χ0v) is 29.2. The van der Waals surface area contributed by atoms with E-state index in [0.29, 0.717) is 0 Å². The van der Waals surface area contributed by atoms with Crippen LogP contribution in [0.25, 0.3) is 92.2 Å². The van der Waals surface area contributed by atoms with Gasteiger partial charge in [-0.15, -0.1) is 0 Å². The van der Waals surface area contributed by atoms with Crippen molar-refractivity contribution >= 4 is 92.2 Å². The second kappa shape index (κ2) is 14.7. The molecule has 0 radical (unpaired) electrons. The highest BCUT2D eigenvalue weighted by atomic mass is 14.8. The Morgan fingerprint density at radius 2 is 0.500 bits per heavy atom. The maximum absolute atomic E-state index is 5.32. The summed E-state index contributed by atoms with van der Waals surface area (Å²) in [5.41, 5.74) is 10.9. The largest absolute Gasteiger partial charge is 0.256 e. The Hall–Kier alpha value is -7.44. The number of pyridine rings is 4. The van der Waals surface area contributed by atoms with Gasteiger partial charge in [-0.1, -0.05) is 97.1 Å². The summed E-state index contributed by atoms with van der Waals surface area (Å²) in [5.74, 6) is 0. The van der Waals surface area contributed by atoms with E-state index in [9.17, 15) is 0 Å². The number of fused-ring (bicyclic) bond motifs is 4. The van der Waals surface area contributed by atoms with Crippen molar-refractivity contribution in [2.24, 2.45) is 0 Å². The zero-order valence-electron chi connectivity index (χ0n) is 29.2. The van der Waals surface area contributed by atoms with Gasteiger partial charge in [-0.25, -0.2) is 9.97 Å². The molecule has 0 amide bonds. The first-order valence-electron chi connectivity index (χ1n) is 17.8. The third kappa shape index (κ3) is 6.67. The van der Waals surface area contributed by atoms with Gasteiger partial charge < -0.3 is 0 Å². The van der Waals surface area contributed by atoms with E-state index < -0.39 is 0 Å². The zero-order chi connectivity index (χ0) is 36.1. The highest BCUT2D eigenvalue weighted by Gasteiger charge is 2.10. The molecule has 0 spiro atoms. The molecule has 0 atom stereocenters. The molecule has 6 heteroatoms. The molecule has 0 aliphatic carbocycles. The second-order valence-electron chi connectivity index (χ2n) is 12.8. The third-order valence-corrected chi connectivity index (χ3v) is 9.42. The van der Waals surface area contributed by atoms with Crippen molar-refractivity contribution in [1.29, 1.82) is 0 Å². The highest BCUT2D eigenvalue weighted by molar-refractivity contribution is 5.95. The topological polar surface area (TPSA) is 77.3 Å². The molecule has 9 rings (SSSR count).